The monoisotopic (exact) mass is 262 g/mol. The SMILES string of the molecule is Nc1ccc2c(ccn2CC2CC3(C2)CC3(F)F)c1. The van der Waals surface area contributed by atoms with Crippen LogP contribution in [0.15, 0.2) is 30.5 Å². The van der Waals surface area contributed by atoms with Crippen molar-refractivity contribution in [1.82, 2.24) is 4.57 Å². The van der Waals surface area contributed by atoms with Crippen LogP contribution < -0.4 is 5.73 Å². The number of halogens is 2. The van der Waals surface area contributed by atoms with Crippen LogP contribution in [0.4, 0.5) is 14.5 Å². The maximum atomic E-state index is 13.2. The molecule has 100 valence electrons. The number of anilines is 1. The van der Waals surface area contributed by atoms with Gasteiger partial charge < -0.3 is 10.3 Å². The van der Waals surface area contributed by atoms with E-state index in [2.05, 4.69) is 4.57 Å². The number of hydrogen-bond acceptors (Lipinski definition) is 1. The van der Waals surface area contributed by atoms with Gasteiger partial charge in [0.05, 0.1) is 0 Å². The van der Waals surface area contributed by atoms with Crippen molar-refractivity contribution in [2.24, 2.45) is 11.3 Å². The van der Waals surface area contributed by atoms with E-state index in [1.54, 1.807) is 0 Å². The second-order valence-corrected chi connectivity index (χ2v) is 6.22. The molecule has 4 heteroatoms. The number of benzene rings is 1. The van der Waals surface area contributed by atoms with Crippen molar-refractivity contribution in [3.8, 4) is 0 Å². The number of nitrogen functional groups attached to an aromatic ring is 1. The molecule has 1 spiro atoms. The average molecular weight is 262 g/mol. The van der Waals surface area contributed by atoms with Crippen molar-refractivity contribution in [2.75, 3.05) is 5.73 Å². The molecule has 0 radical (unpaired) electrons. The molecule has 19 heavy (non-hydrogen) atoms. The predicted octanol–water partition coefficient (Wildman–Crippen LogP) is 3.66. The quantitative estimate of drug-likeness (QED) is 0.823. The molecule has 2 aliphatic carbocycles. The van der Waals surface area contributed by atoms with Crippen molar-refractivity contribution < 1.29 is 8.78 Å². The first-order valence-corrected chi connectivity index (χ1v) is 6.71. The lowest BCUT2D eigenvalue weighted by Gasteiger charge is -2.36. The van der Waals surface area contributed by atoms with Gasteiger partial charge in [0.15, 0.2) is 0 Å². The van der Waals surface area contributed by atoms with Crippen molar-refractivity contribution in [1.29, 1.82) is 0 Å². The van der Waals surface area contributed by atoms with E-state index in [9.17, 15) is 8.78 Å². The van der Waals surface area contributed by atoms with Gasteiger partial charge in [-0.25, -0.2) is 8.78 Å². The lowest BCUT2D eigenvalue weighted by atomic mass is 9.71. The van der Waals surface area contributed by atoms with E-state index in [1.807, 2.05) is 30.5 Å². The van der Waals surface area contributed by atoms with Crippen molar-refractivity contribution in [3.05, 3.63) is 30.5 Å². The lowest BCUT2D eigenvalue weighted by Crippen LogP contribution is -2.32. The number of nitrogens with zero attached hydrogens (tertiary/aromatic N) is 1. The van der Waals surface area contributed by atoms with Crippen LogP contribution in [0, 0.1) is 11.3 Å². The molecule has 0 bridgehead atoms. The molecule has 1 aromatic heterocycles. The van der Waals surface area contributed by atoms with Crippen LogP contribution in [-0.4, -0.2) is 10.5 Å². The Bertz CT molecular complexity index is 653. The highest BCUT2D eigenvalue weighted by Gasteiger charge is 2.75. The van der Waals surface area contributed by atoms with Gasteiger partial charge in [-0.05, 0) is 43.0 Å². The third-order valence-electron chi connectivity index (χ3n) is 4.82. The summed E-state index contributed by atoms with van der Waals surface area (Å²) in [6.07, 6.45) is 3.49. The van der Waals surface area contributed by atoms with Gasteiger partial charge in [-0.1, -0.05) is 0 Å². The highest BCUT2D eigenvalue weighted by molar-refractivity contribution is 5.83. The van der Waals surface area contributed by atoms with Crippen LogP contribution >= 0.6 is 0 Å². The van der Waals surface area contributed by atoms with Crippen LogP contribution in [0.5, 0.6) is 0 Å². The zero-order chi connectivity index (χ0) is 13.3. The Hall–Kier alpha value is -1.58. The molecule has 2 aromatic rings. The summed E-state index contributed by atoms with van der Waals surface area (Å²) < 4.78 is 28.5. The first-order valence-electron chi connectivity index (χ1n) is 6.71. The molecule has 0 atom stereocenters. The van der Waals surface area contributed by atoms with E-state index in [0.717, 1.165) is 23.1 Å². The first kappa shape index (κ1) is 11.3. The second kappa shape index (κ2) is 3.30. The summed E-state index contributed by atoms with van der Waals surface area (Å²) in [5.41, 5.74) is 7.02. The molecule has 0 aliphatic heterocycles. The topological polar surface area (TPSA) is 30.9 Å². The number of rotatable bonds is 2. The fourth-order valence-corrected chi connectivity index (χ4v) is 3.65. The molecule has 2 aliphatic rings. The molecule has 0 unspecified atom stereocenters. The van der Waals surface area contributed by atoms with E-state index in [-0.39, 0.29) is 6.42 Å². The minimum Gasteiger partial charge on any atom is -0.399 e. The molecule has 2 saturated carbocycles. The summed E-state index contributed by atoms with van der Waals surface area (Å²) in [6.45, 7) is 0.839. The molecule has 4 rings (SSSR count). The van der Waals surface area contributed by atoms with Gasteiger partial charge in [-0.3, -0.25) is 0 Å². The number of alkyl halides is 2. The van der Waals surface area contributed by atoms with E-state index in [1.165, 1.54) is 0 Å². The fraction of sp³-hybridized carbons (Fsp3) is 0.467. The number of aromatic nitrogens is 1. The van der Waals surface area contributed by atoms with Gasteiger partial charge >= 0.3 is 0 Å². The van der Waals surface area contributed by atoms with Crippen LogP contribution in [0.2, 0.25) is 0 Å². The molecule has 2 nitrogen and oxygen atoms in total. The maximum absolute atomic E-state index is 13.2. The van der Waals surface area contributed by atoms with Gasteiger partial charge in [-0.2, -0.15) is 0 Å². The summed E-state index contributed by atoms with van der Waals surface area (Å²) in [5, 5.41) is 1.12. The summed E-state index contributed by atoms with van der Waals surface area (Å²) in [5.74, 6) is -1.99. The van der Waals surface area contributed by atoms with Crippen LogP contribution in [-0.2, 0) is 6.54 Å². The van der Waals surface area contributed by atoms with Crippen molar-refractivity contribution >= 4 is 16.6 Å². The van der Waals surface area contributed by atoms with Crippen LogP contribution in [0.1, 0.15) is 19.3 Å². The normalized spacial score (nSPS) is 31.6. The van der Waals surface area contributed by atoms with Crippen molar-refractivity contribution in [3.63, 3.8) is 0 Å². The predicted molar refractivity (Wildman–Crippen MR) is 71.1 cm³/mol. The summed E-state index contributed by atoms with van der Waals surface area (Å²) in [6, 6.07) is 7.87. The zero-order valence-electron chi connectivity index (χ0n) is 10.6. The molecular formula is C15H16F2N2. The minimum absolute atomic E-state index is 0.111. The molecule has 1 aromatic carbocycles. The van der Waals surface area contributed by atoms with Gasteiger partial charge in [0, 0.05) is 41.2 Å². The molecule has 0 saturated heterocycles. The Morgan fingerprint density at radius 1 is 1.26 bits per heavy atom. The molecular weight excluding hydrogens is 246 g/mol. The van der Waals surface area contributed by atoms with E-state index in [4.69, 9.17) is 5.73 Å². The standard InChI is InChI=1S/C15H16F2N2/c16-15(17)9-14(15)6-10(7-14)8-19-4-3-11-5-12(18)1-2-13(11)19/h1-5,10H,6-9,18H2. The minimum atomic E-state index is -2.38. The molecule has 2 N–H and O–H groups in total. The number of nitrogens with two attached hydrogens (primary N) is 1. The Morgan fingerprint density at radius 2 is 2.00 bits per heavy atom. The number of hydrogen-bond donors (Lipinski definition) is 1. The summed E-state index contributed by atoms with van der Waals surface area (Å²) in [4.78, 5) is 0. The van der Waals surface area contributed by atoms with Gasteiger partial charge in [0.25, 0.3) is 5.92 Å². The van der Waals surface area contributed by atoms with Gasteiger partial charge in [0.2, 0.25) is 0 Å². The second-order valence-electron chi connectivity index (χ2n) is 6.22. The van der Waals surface area contributed by atoms with E-state index >= 15 is 0 Å². The third kappa shape index (κ3) is 1.52. The third-order valence-corrected chi connectivity index (χ3v) is 4.82. The Labute approximate surface area is 110 Å². The Morgan fingerprint density at radius 3 is 2.68 bits per heavy atom. The summed E-state index contributed by atoms with van der Waals surface area (Å²) >= 11 is 0. The smallest absolute Gasteiger partial charge is 0.254 e. The fourth-order valence-electron chi connectivity index (χ4n) is 3.65. The lowest BCUT2D eigenvalue weighted by molar-refractivity contribution is -0.00232. The van der Waals surface area contributed by atoms with E-state index in [0.29, 0.717) is 18.8 Å². The van der Waals surface area contributed by atoms with Gasteiger partial charge in [0.1, 0.15) is 0 Å². The maximum Gasteiger partial charge on any atom is 0.254 e. The van der Waals surface area contributed by atoms with Crippen LogP contribution in [0.3, 0.4) is 0 Å². The van der Waals surface area contributed by atoms with Crippen molar-refractivity contribution in [2.45, 2.75) is 31.7 Å². The highest BCUT2D eigenvalue weighted by atomic mass is 19.3. The molecule has 1 heterocycles. The number of fused-ring (bicyclic) bond motifs is 1. The summed E-state index contributed by atoms with van der Waals surface area (Å²) in [7, 11) is 0. The zero-order valence-corrected chi connectivity index (χ0v) is 10.6. The Kier molecular flexibility index (Phi) is 1.95. The van der Waals surface area contributed by atoms with E-state index < -0.39 is 11.3 Å². The van der Waals surface area contributed by atoms with Gasteiger partial charge in [-0.15, -0.1) is 0 Å². The highest BCUT2D eigenvalue weighted by Crippen LogP contribution is 2.72. The molecule has 2 fully saturated rings. The average Bonchev–Trinajstić information content (AvgIpc) is 2.68. The molecule has 0 amide bonds. The van der Waals surface area contributed by atoms with Crippen LogP contribution in [0.25, 0.3) is 10.9 Å². The first-order chi connectivity index (χ1) is 8.99. The largest absolute Gasteiger partial charge is 0.399 e. The Balaban J connectivity index is 1.51.